The number of ether oxygens (including phenoxy) is 3. The highest BCUT2D eigenvalue weighted by Crippen LogP contribution is 2.40. The molecule has 2 saturated carbocycles. The normalized spacial score (nSPS) is 15.4. The number of rotatable bonds is 22. The number of carbonyl (C=O) groups excluding carboxylic acids is 3. The second-order valence-electron chi connectivity index (χ2n) is 16.6. The highest BCUT2D eigenvalue weighted by Gasteiger charge is 2.35. The van der Waals surface area contributed by atoms with Crippen LogP contribution in [0.2, 0.25) is 0 Å². The van der Waals surface area contributed by atoms with Gasteiger partial charge in [0.1, 0.15) is 23.8 Å². The molecule has 13 nitrogen and oxygen atoms in total. The van der Waals surface area contributed by atoms with Crippen molar-refractivity contribution in [2.75, 3.05) is 78.6 Å². The van der Waals surface area contributed by atoms with Crippen molar-refractivity contribution in [3.8, 4) is 28.4 Å². The number of nitrogens with one attached hydrogen (secondary N) is 2. The second kappa shape index (κ2) is 38.0. The Morgan fingerprint density at radius 1 is 0.901 bits per heavy atom. The molecule has 0 bridgehead atoms. The summed E-state index contributed by atoms with van der Waals surface area (Å²) in [5, 5.41) is 27.1. The number of methoxy groups -OCH3 is 1. The molecule has 3 atom stereocenters. The fraction of sp³-hybridized carbons (Fsp3) is 0.500. The zero-order chi connectivity index (χ0) is 51.5. The first kappa shape index (κ1) is 63.3. The van der Waals surface area contributed by atoms with Crippen LogP contribution in [0.3, 0.4) is 0 Å². The minimum Gasteiger partial charge on any atom is -0.506 e. The van der Waals surface area contributed by atoms with E-state index in [9.17, 15) is 19.8 Å². The first-order valence-electron chi connectivity index (χ1n) is 25.3. The maximum absolute atomic E-state index is 13.0. The maximum atomic E-state index is 13.0. The zero-order valence-electron chi connectivity index (χ0n) is 43.2. The van der Waals surface area contributed by atoms with E-state index in [0.717, 1.165) is 55.4 Å². The SMILES string of the molecule is C.C=CC.CC.CC.CNc1c(O)ccc(C(O)CNCCN(C(=O)CCOCCc2cccc(CCN3CC4CCCC4C3)c2)C2CC2)c1OCC=O.COc1ccccc1-c1ccccc1.NC=O. The molecule has 7 rings (SSSR count). The molecular weight excluding hydrogens is 895 g/mol. The van der Waals surface area contributed by atoms with E-state index in [1.165, 1.54) is 55.1 Å². The van der Waals surface area contributed by atoms with Crippen molar-refractivity contribution in [1.29, 1.82) is 0 Å². The van der Waals surface area contributed by atoms with Crippen LogP contribution >= 0.6 is 0 Å². The molecule has 2 aliphatic carbocycles. The Bertz CT molecular complexity index is 2030. The third-order valence-corrected chi connectivity index (χ3v) is 11.9. The highest BCUT2D eigenvalue weighted by atomic mass is 16.5. The lowest BCUT2D eigenvalue weighted by molar-refractivity contribution is -0.132. The van der Waals surface area contributed by atoms with Crippen LogP contribution in [0.4, 0.5) is 5.69 Å². The number of phenols is 1. The minimum absolute atomic E-state index is 0. The number of primary amides is 1. The topological polar surface area (TPSA) is 176 Å². The van der Waals surface area contributed by atoms with Crippen molar-refractivity contribution in [3.63, 3.8) is 0 Å². The molecule has 3 unspecified atom stereocenters. The van der Waals surface area contributed by atoms with Gasteiger partial charge in [0.2, 0.25) is 12.3 Å². The molecule has 394 valence electrons. The minimum atomic E-state index is -0.932. The smallest absolute Gasteiger partial charge is 0.225 e. The lowest BCUT2D eigenvalue weighted by Crippen LogP contribution is -2.39. The summed E-state index contributed by atoms with van der Waals surface area (Å²) in [4.78, 5) is 37.1. The predicted molar refractivity (Wildman–Crippen MR) is 292 cm³/mol. The van der Waals surface area contributed by atoms with Crippen LogP contribution < -0.4 is 25.8 Å². The Kier molecular flexibility index (Phi) is 33.9. The summed E-state index contributed by atoms with van der Waals surface area (Å²) >= 11 is 0. The first-order valence-corrected chi connectivity index (χ1v) is 25.3. The third kappa shape index (κ3) is 22.5. The van der Waals surface area contributed by atoms with Crippen molar-refractivity contribution in [2.45, 2.75) is 106 Å². The molecule has 3 aliphatic rings. The van der Waals surface area contributed by atoms with Crippen molar-refractivity contribution in [1.82, 2.24) is 15.1 Å². The van der Waals surface area contributed by atoms with E-state index < -0.39 is 6.10 Å². The standard InChI is InChI=1S/C36H52N4O6.C13H12O.C3H6.2C2H6.CH3NO.CH4/c1-37-35-32(42)11-10-31(36(35)46-21-18-41)33(43)23-38-15-17-40(30-8-9-30)34(44)14-20-45-19-13-27-5-2-4-26(22-27)12-16-39-24-28-6-3-7-29(28)25-39;1-14-13-10-6-5-9-12(13)11-7-3-2-4-8-11;1-3-2;2*1-2;2-1-3;/h2,4-5,10-11,18,22,28-30,33,37-38,42-43H,3,6-9,12-17,19-21,23-25H2,1H3;2-10H,1H3;3H,1H2,2H3;2*1-2H3;1H,(H2,2,3);1H4. The fourth-order valence-electron chi connectivity index (χ4n) is 8.65. The summed E-state index contributed by atoms with van der Waals surface area (Å²) in [6, 6.07) is 30.5. The Balaban J connectivity index is 0.000000835. The number of para-hydroxylation sites is 1. The number of aliphatic hydroxyl groups excluding tert-OH is 1. The molecule has 2 amide bonds. The van der Waals surface area contributed by atoms with Gasteiger partial charge in [-0.15, -0.1) is 6.58 Å². The third-order valence-electron chi connectivity index (χ3n) is 11.9. The molecule has 4 aromatic rings. The Labute approximate surface area is 427 Å². The second-order valence-corrected chi connectivity index (χ2v) is 16.6. The van der Waals surface area contributed by atoms with Gasteiger partial charge in [-0.2, -0.15) is 0 Å². The summed E-state index contributed by atoms with van der Waals surface area (Å²) in [5.41, 5.74) is 9.93. The quantitative estimate of drug-likeness (QED) is 0.0219. The molecule has 3 fully saturated rings. The lowest BCUT2D eigenvalue weighted by Gasteiger charge is -2.24. The van der Waals surface area contributed by atoms with E-state index in [2.05, 4.69) is 70.3 Å². The number of hydrogen-bond acceptors (Lipinski definition) is 11. The molecule has 0 spiro atoms. The number of carbonyl (C=O) groups is 3. The van der Waals surface area contributed by atoms with Crippen LogP contribution in [0.15, 0.2) is 104 Å². The first-order chi connectivity index (χ1) is 34.2. The molecule has 4 aromatic carbocycles. The average Bonchev–Trinajstić information content (AvgIpc) is 4.01. The zero-order valence-corrected chi connectivity index (χ0v) is 43.2. The predicted octanol–water partition coefficient (Wildman–Crippen LogP) is 9.89. The number of benzene rings is 4. The van der Waals surface area contributed by atoms with Gasteiger partial charge in [0.05, 0.1) is 32.8 Å². The number of hydrogen-bond donors (Lipinski definition) is 5. The summed E-state index contributed by atoms with van der Waals surface area (Å²) in [6.07, 6.45) is 10.3. The number of likely N-dealkylation sites (tertiary alicyclic amines) is 1. The Morgan fingerprint density at radius 3 is 2.13 bits per heavy atom. The van der Waals surface area contributed by atoms with Crippen molar-refractivity contribution >= 4 is 24.3 Å². The molecular formula is C58H89N5O8. The van der Waals surface area contributed by atoms with Crippen LogP contribution in [0.1, 0.15) is 103 Å². The number of aromatic hydroxyl groups is 1. The highest BCUT2D eigenvalue weighted by molar-refractivity contribution is 5.77. The maximum Gasteiger partial charge on any atom is 0.225 e. The lowest BCUT2D eigenvalue weighted by atomic mass is 10.0. The van der Waals surface area contributed by atoms with Crippen LogP contribution in [0, 0.1) is 11.8 Å². The van der Waals surface area contributed by atoms with Gasteiger partial charge in [-0.25, -0.2) is 0 Å². The number of aldehydes is 1. The number of nitrogens with zero attached hydrogens (tertiary/aromatic N) is 2. The van der Waals surface area contributed by atoms with Crippen LogP contribution in [0.5, 0.6) is 17.2 Å². The summed E-state index contributed by atoms with van der Waals surface area (Å²) in [6.45, 7) is 19.1. The average molecular weight is 984 g/mol. The van der Waals surface area contributed by atoms with Crippen LogP contribution in [0.25, 0.3) is 11.1 Å². The Hall–Kier alpha value is -5.73. The molecule has 1 aliphatic heterocycles. The molecule has 13 heteroatoms. The van der Waals surface area contributed by atoms with Gasteiger partial charge in [-0.3, -0.25) is 14.4 Å². The molecule has 71 heavy (non-hydrogen) atoms. The van der Waals surface area contributed by atoms with E-state index in [0.29, 0.717) is 50.3 Å². The summed E-state index contributed by atoms with van der Waals surface area (Å²) in [5.74, 6) is 3.11. The van der Waals surface area contributed by atoms with Gasteiger partial charge in [-0.1, -0.05) is 120 Å². The van der Waals surface area contributed by atoms with Crippen molar-refractivity contribution < 1.29 is 38.8 Å². The van der Waals surface area contributed by atoms with E-state index in [1.54, 1.807) is 26.3 Å². The largest absolute Gasteiger partial charge is 0.506 e. The molecule has 0 radical (unpaired) electrons. The van der Waals surface area contributed by atoms with E-state index >= 15 is 0 Å². The van der Waals surface area contributed by atoms with Gasteiger partial charge in [0.25, 0.3) is 0 Å². The molecule has 6 N–H and O–H groups in total. The number of aliphatic hydroxyl groups is 1. The van der Waals surface area contributed by atoms with E-state index in [1.807, 2.05) is 75.9 Å². The summed E-state index contributed by atoms with van der Waals surface area (Å²) < 4.78 is 16.7. The number of anilines is 1. The monoisotopic (exact) mass is 984 g/mol. The van der Waals surface area contributed by atoms with Crippen molar-refractivity contribution in [3.05, 3.63) is 120 Å². The number of allylic oxidation sites excluding steroid dienone is 1. The number of amides is 2. The van der Waals surface area contributed by atoms with Gasteiger partial charge in [0.15, 0.2) is 12.0 Å². The summed E-state index contributed by atoms with van der Waals surface area (Å²) in [7, 11) is 3.33. The number of phenolic OH excluding ortho intramolecular Hbond substituents is 1. The molecule has 1 saturated heterocycles. The van der Waals surface area contributed by atoms with E-state index in [-0.39, 0.29) is 50.4 Å². The van der Waals surface area contributed by atoms with Crippen LogP contribution in [-0.4, -0.2) is 118 Å². The van der Waals surface area contributed by atoms with Crippen LogP contribution in [-0.2, 0) is 32.0 Å². The van der Waals surface area contributed by atoms with Crippen molar-refractivity contribution in [2.24, 2.45) is 17.6 Å². The van der Waals surface area contributed by atoms with Gasteiger partial charge >= 0.3 is 0 Å². The Morgan fingerprint density at radius 2 is 1.52 bits per heavy atom. The fourth-order valence-corrected chi connectivity index (χ4v) is 8.65. The molecule has 1 heterocycles. The number of nitrogens with two attached hydrogens (primary N) is 1. The van der Waals surface area contributed by atoms with Gasteiger partial charge in [0, 0.05) is 63.5 Å². The molecule has 0 aromatic heterocycles. The van der Waals surface area contributed by atoms with Gasteiger partial charge < -0.3 is 50.6 Å². The van der Waals surface area contributed by atoms with Gasteiger partial charge in [-0.05, 0) is 92.2 Å². The number of fused-ring (bicyclic) bond motifs is 1. The van der Waals surface area contributed by atoms with E-state index in [4.69, 9.17) is 19.0 Å².